The average molecular weight is 504 g/mol. The first-order chi connectivity index (χ1) is 14.4. The van der Waals surface area contributed by atoms with E-state index in [1.54, 1.807) is 35.7 Å². The lowest BCUT2D eigenvalue weighted by Crippen LogP contribution is -2.28. The molecule has 0 saturated carbocycles. The van der Waals surface area contributed by atoms with Crippen LogP contribution in [0, 0.1) is 0 Å². The number of aromatic nitrogens is 2. The van der Waals surface area contributed by atoms with E-state index in [4.69, 9.17) is 4.74 Å². The Morgan fingerprint density at radius 2 is 2.03 bits per heavy atom. The molecule has 2 unspecified atom stereocenters. The molecule has 0 spiro atoms. The minimum atomic E-state index is -3.50. The number of benzene rings is 2. The Bertz CT molecular complexity index is 1370. The molecule has 0 bridgehead atoms. The summed E-state index contributed by atoms with van der Waals surface area (Å²) in [5.74, 6) is 0. The van der Waals surface area contributed by atoms with Crippen LogP contribution in [0.5, 0.6) is 0 Å². The molecule has 2 aromatic heterocycles. The number of fused-ring (bicyclic) bond motifs is 2. The SMILES string of the molecule is CC1OCCC1S(=O)(=O)c1ccc2nccc(Nc3ccc4scnc4c3Br)c2c1. The van der Waals surface area contributed by atoms with Gasteiger partial charge >= 0.3 is 0 Å². The van der Waals surface area contributed by atoms with Gasteiger partial charge in [-0.05, 0) is 65.7 Å². The summed E-state index contributed by atoms with van der Waals surface area (Å²) in [5, 5.41) is 3.63. The minimum absolute atomic E-state index is 0.294. The van der Waals surface area contributed by atoms with Crippen LogP contribution in [-0.4, -0.2) is 36.3 Å². The summed E-state index contributed by atoms with van der Waals surface area (Å²) in [5.41, 5.74) is 5.06. The van der Waals surface area contributed by atoms with E-state index < -0.39 is 15.1 Å². The summed E-state index contributed by atoms with van der Waals surface area (Å²) in [7, 11) is -3.50. The summed E-state index contributed by atoms with van der Waals surface area (Å²) in [6.07, 6.45) is 1.92. The summed E-state index contributed by atoms with van der Waals surface area (Å²) in [6, 6.07) is 10.9. The molecule has 6 nitrogen and oxygen atoms in total. The highest BCUT2D eigenvalue weighted by Crippen LogP contribution is 2.36. The summed E-state index contributed by atoms with van der Waals surface area (Å²) in [4.78, 5) is 9.10. The number of thiazole rings is 1. The van der Waals surface area contributed by atoms with Gasteiger partial charge in [-0.1, -0.05) is 0 Å². The van der Waals surface area contributed by atoms with E-state index in [0.717, 1.165) is 37.0 Å². The fourth-order valence-electron chi connectivity index (χ4n) is 3.85. The van der Waals surface area contributed by atoms with Crippen LogP contribution in [0.4, 0.5) is 11.4 Å². The zero-order chi connectivity index (χ0) is 20.9. The van der Waals surface area contributed by atoms with E-state index in [0.29, 0.717) is 17.9 Å². The monoisotopic (exact) mass is 503 g/mol. The van der Waals surface area contributed by atoms with E-state index in [-0.39, 0.29) is 6.10 Å². The maximum absolute atomic E-state index is 13.2. The van der Waals surface area contributed by atoms with Crippen molar-refractivity contribution in [2.45, 2.75) is 29.6 Å². The standard InChI is InChI=1S/C21H18BrN3O3S2/c1-12-19(7-9-28-12)30(26,27)13-2-3-15-14(10-13)16(6-8-23-15)25-17-4-5-18-21(20(17)22)24-11-29-18/h2-6,8,10-12,19H,7,9H2,1H3,(H,23,25). The largest absolute Gasteiger partial charge is 0.377 e. The van der Waals surface area contributed by atoms with Crippen LogP contribution in [0.3, 0.4) is 0 Å². The summed E-state index contributed by atoms with van der Waals surface area (Å²) < 4.78 is 33.8. The van der Waals surface area contributed by atoms with Gasteiger partial charge in [-0.25, -0.2) is 13.4 Å². The van der Waals surface area contributed by atoms with Crippen LogP contribution in [0.25, 0.3) is 21.1 Å². The van der Waals surface area contributed by atoms with Gasteiger partial charge in [0.25, 0.3) is 0 Å². The predicted molar refractivity (Wildman–Crippen MR) is 123 cm³/mol. The molecule has 3 heterocycles. The van der Waals surface area contributed by atoms with E-state index >= 15 is 0 Å². The normalized spacial score (nSPS) is 19.5. The molecule has 154 valence electrons. The van der Waals surface area contributed by atoms with Crippen molar-refractivity contribution in [3.05, 3.63) is 52.6 Å². The van der Waals surface area contributed by atoms with Crippen molar-refractivity contribution in [3.63, 3.8) is 0 Å². The highest BCUT2D eigenvalue weighted by molar-refractivity contribution is 9.10. The Morgan fingerprint density at radius 3 is 2.83 bits per heavy atom. The second kappa shape index (κ2) is 7.56. The van der Waals surface area contributed by atoms with Crippen molar-refractivity contribution in [3.8, 4) is 0 Å². The average Bonchev–Trinajstić information content (AvgIpc) is 3.39. The fourth-order valence-corrected chi connectivity index (χ4v) is 7.09. The van der Waals surface area contributed by atoms with Crippen LogP contribution in [0.15, 0.2) is 57.5 Å². The number of halogens is 1. The number of anilines is 2. The molecular formula is C21H18BrN3O3S2. The van der Waals surface area contributed by atoms with Gasteiger partial charge in [0, 0.05) is 23.9 Å². The molecule has 1 aliphatic rings. The Labute approximate surface area is 186 Å². The summed E-state index contributed by atoms with van der Waals surface area (Å²) >= 11 is 5.22. The van der Waals surface area contributed by atoms with Gasteiger partial charge in [0.2, 0.25) is 0 Å². The van der Waals surface area contributed by atoms with Crippen molar-refractivity contribution in [2.24, 2.45) is 0 Å². The van der Waals surface area contributed by atoms with Crippen molar-refractivity contribution in [1.29, 1.82) is 0 Å². The third kappa shape index (κ3) is 3.30. The van der Waals surface area contributed by atoms with Crippen LogP contribution in [0.1, 0.15) is 13.3 Å². The maximum Gasteiger partial charge on any atom is 0.183 e. The van der Waals surface area contributed by atoms with Gasteiger partial charge in [0.05, 0.1) is 47.7 Å². The number of rotatable bonds is 4. The molecule has 30 heavy (non-hydrogen) atoms. The van der Waals surface area contributed by atoms with E-state index in [9.17, 15) is 8.42 Å². The lowest BCUT2D eigenvalue weighted by Gasteiger charge is -2.16. The second-order valence-corrected chi connectivity index (χ2v) is 11.1. The van der Waals surface area contributed by atoms with Crippen molar-refractivity contribution in [1.82, 2.24) is 9.97 Å². The van der Waals surface area contributed by atoms with E-state index in [1.165, 1.54) is 0 Å². The minimum Gasteiger partial charge on any atom is -0.377 e. The molecule has 2 atom stereocenters. The lowest BCUT2D eigenvalue weighted by molar-refractivity contribution is 0.126. The first-order valence-corrected chi connectivity index (χ1v) is 12.7. The number of nitrogens with zero attached hydrogens (tertiary/aromatic N) is 2. The Hall–Kier alpha value is -2.07. The molecule has 5 rings (SSSR count). The molecule has 1 fully saturated rings. The number of nitrogens with one attached hydrogen (secondary N) is 1. The second-order valence-electron chi connectivity index (χ2n) is 7.24. The predicted octanol–water partition coefficient (Wildman–Crippen LogP) is 5.30. The Kier molecular flexibility index (Phi) is 5.01. The first kappa shape index (κ1) is 19.9. The zero-order valence-corrected chi connectivity index (χ0v) is 19.2. The van der Waals surface area contributed by atoms with Gasteiger partial charge in [-0.15, -0.1) is 11.3 Å². The van der Waals surface area contributed by atoms with Crippen LogP contribution >= 0.6 is 27.3 Å². The third-order valence-corrected chi connectivity index (χ3v) is 9.38. The van der Waals surface area contributed by atoms with E-state index in [1.807, 2.05) is 30.6 Å². The van der Waals surface area contributed by atoms with Crippen LogP contribution in [-0.2, 0) is 14.6 Å². The molecule has 4 aromatic rings. The highest BCUT2D eigenvalue weighted by atomic mass is 79.9. The van der Waals surface area contributed by atoms with Crippen LogP contribution in [0.2, 0.25) is 0 Å². The molecule has 0 radical (unpaired) electrons. The Balaban J connectivity index is 1.59. The van der Waals surface area contributed by atoms with E-state index in [2.05, 4.69) is 31.2 Å². The van der Waals surface area contributed by atoms with Gasteiger partial charge in [0.1, 0.15) is 0 Å². The quantitative estimate of drug-likeness (QED) is 0.406. The number of hydrogen-bond donors (Lipinski definition) is 1. The van der Waals surface area contributed by atoms with Gasteiger partial charge in [-0.3, -0.25) is 4.98 Å². The number of sulfone groups is 1. The Morgan fingerprint density at radius 1 is 1.17 bits per heavy atom. The molecule has 0 amide bonds. The molecular weight excluding hydrogens is 486 g/mol. The van der Waals surface area contributed by atoms with Gasteiger partial charge in [-0.2, -0.15) is 0 Å². The molecule has 0 aliphatic carbocycles. The summed E-state index contributed by atoms with van der Waals surface area (Å²) in [6.45, 7) is 2.29. The fraction of sp³-hybridized carbons (Fsp3) is 0.238. The molecule has 9 heteroatoms. The zero-order valence-electron chi connectivity index (χ0n) is 16.0. The van der Waals surface area contributed by atoms with Crippen LogP contribution < -0.4 is 5.32 Å². The maximum atomic E-state index is 13.2. The molecule has 1 N–H and O–H groups in total. The number of hydrogen-bond acceptors (Lipinski definition) is 7. The highest BCUT2D eigenvalue weighted by Gasteiger charge is 2.37. The van der Waals surface area contributed by atoms with Gasteiger partial charge < -0.3 is 10.1 Å². The smallest absolute Gasteiger partial charge is 0.183 e. The van der Waals surface area contributed by atoms with Crippen molar-refractivity contribution < 1.29 is 13.2 Å². The molecule has 2 aromatic carbocycles. The first-order valence-electron chi connectivity index (χ1n) is 9.48. The number of pyridine rings is 1. The lowest BCUT2D eigenvalue weighted by atomic mass is 10.2. The van der Waals surface area contributed by atoms with Crippen molar-refractivity contribution in [2.75, 3.05) is 11.9 Å². The molecule has 1 aliphatic heterocycles. The number of ether oxygens (including phenoxy) is 1. The van der Waals surface area contributed by atoms with Gasteiger partial charge in [0.15, 0.2) is 9.84 Å². The van der Waals surface area contributed by atoms with Crippen molar-refractivity contribution >= 4 is 69.6 Å². The topological polar surface area (TPSA) is 81.2 Å². The molecule has 1 saturated heterocycles. The third-order valence-electron chi connectivity index (χ3n) is 5.46.